The molecule has 2 N–H and O–H groups in total. The third kappa shape index (κ3) is 4.36. The number of hydrogen-bond donors (Lipinski definition) is 2. The Morgan fingerprint density at radius 1 is 1.20 bits per heavy atom. The zero-order chi connectivity index (χ0) is 22.7. The van der Waals surface area contributed by atoms with Crippen LogP contribution in [0, 0.1) is 12.3 Å². The number of imide groups is 1. The van der Waals surface area contributed by atoms with Crippen LogP contribution in [-0.2, 0) is 14.3 Å². The molecule has 0 saturated carbocycles. The van der Waals surface area contributed by atoms with E-state index in [1.807, 2.05) is 52.0 Å². The number of carbonyl (C=O) groups is 3. The SMILES string of the molecule is CCC[C@@H](NC(=O)N1C(=O)C(CC)(CC)C1OC(C)(C)C(=O)O)c1ccc(C)cc1. The average molecular weight is 419 g/mol. The Kier molecular flexibility index (Phi) is 7.29. The van der Waals surface area contributed by atoms with Gasteiger partial charge in [0.15, 0.2) is 11.8 Å². The first-order valence-electron chi connectivity index (χ1n) is 10.7. The first-order chi connectivity index (χ1) is 14.0. The van der Waals surface area contributed by atoms with Crippen LogP contribution in [0.15, 0.2) is 24.3 Å². The normalized spacial score (nSPS) is 19.2. The van der Waals surface area contributed by atoms with E-state index < -0.39 is 29.2 Å². The molecule has 2 atom stereocenters. The third-order valence-electron chi connectivity index (χ3n) is 6.11. The Morgan fingerprint density at radius 3 is 2.23 bits per heavy atom. The number of nitrogens with one attached hydrogen (secondary N) is 1. The number of carboxylic acid groups (broad SMARTS) is 1. The lowest BCUT2D eigenvalue weighted by molar-refractivity contribution is -0.240. The minimum Gasteiger partial charge on any atom is -0.479 e. The fourth-order valence-corrected chi connectivity index (χ4v) is 3.86. The number of benzene rings is 1. The van der Waals surface area contributed by atoms with E-state index in [0.717, 1.165) is 28.9 Å². The number of likely N-dealkylation sites (tertiary alicyclic amines) is 1. The number of ether oxygens (including phenoxy) is 1. The number of rotatable bonds is 9. The highest BCUT2D eigenvalue weighted by molar-refractivity contribution is 6.03. The molecule has 0 bridgehead atoms. The van der Waals surface area contributed by atoms with Crippen molar-refractivity contribution in [2.24, 2.45) is 5.41 Å². The van der Waals surface area contributed by atoms with E-state index in [-0.39, 0.29) is 11.9 Å². The number of hydrogen-bond acceptors (Lipinski definition) is 4. The molecular formula is C23H34N2O5. The molecule has 166 valence electrons. The molecule has 7 heteroatoms. The number of aryl methyl sites for hydroxylation is 1. The largest absolute Gasteiger partial charge is 0.479 e. The molecule has 1 unspecified atom stereocenters. The standard InChI is InChI=1S/C23H34N2O5/c1-7-10-17(16-13-11-15(4)12-14-16)24-21(29)25-18(26)23(8-2,9-3)19(25)30-22(5,6)20(27)28/h11-14,17,19H,7-10H2,1-6H3,(H,24,29)(H,27,28)/t17-,19?/m1/s1. The Balaban J connectivity index is 2.29. The second-order valence-electron chi connectivity index (χ2n) is 8.53. The maximum atomic E-state index is 13.1. The van der Waals surface area contributed by atoms with Crippen molar-refractivity contribution in [3.8, 4) is 0 Å². The smallest absolute Gasteiger partial charge is 0.335 e. The van der Waals surface area contributed by atoms with Crippen molar-refractivity contribution >= 4 is 17.9 Å². The summed E-state index contributed by atoms with van der Waals surface area (Å²) in [6.45, 7) is 10.6. The van der Waals surface area contributed by atoms with E-state index in [4.69, 9.17) is 4.74 Å². The molecule has 0 spiro atoms. The predicted octanol–water partition coefficient (Wildman–Crippen LogP) is 4.40. The van der Waals surface area contributed by atoms with E-state index in [1.54, 1.807) is 0 Å². The Hall–Kier alpha value is -2.41. The molecule has 2 rings (SSSR count). The molecule has 1 aliphatic heterocycles. The van der Waals surface area contributed by atoms with Crippen LogP contribution >= 0.6 is 0 Å². The average Bonchev–Trinajstić information content (AvgIpc) is 2.69. The fourth-order valence-electron chi connectivity index (χ4n) is 3.86. The van der Waals surface area contributed by atoms with Crippen molar-refractivity contribution < 1.29 is 24.2 Å². The van der Waals surface area contributed by atoms with Crippen molar-refractivity contribution in [1.82, 2.24) is 10.2 Å². The summed E-state index contributed by atoms with van der Waals surface area (Å²) in [6.07, 6.45) is 1.57. The molecule has 0 aromatic heterocycles. The molecule has 1 aromatic carbocycles. The molecular weight excluding hydrogens is 384 g/mol. The highest BCUT2D eigenvalue weighted by atomic mass is 16.6. The van der Waals surface area contributed by atoms with Crippen LogP contribution in [0.2, 0.25) is 0 Å². The van der Waals surface area contributed by atoms with Gasteiger partial charge in [0.2, 0.25) is 5.91 Å². The van der Waals surface area contributed by atoms with Crippen LogP contribution in [0.25, 0.3) is 0 Å². The maximum Gasteiger partial charge on any atom is 0.335 e. The molecule has 1 aromatic rings. The van der Waals surface area contributed by atoms with E-state index in [9.17, 15) is 19.5 Å². The predicted molar refractivity (Wildman–Crippen MR) is 114 cm³/mol. The number of nitrogens with zero attached hydrogens (tertiary/aromatic N) is 1. The van der Waals surface area contributed by atoms with Gasteiger partial charge in [0.05, 0.1) is 11.5 Å². The second kappa shape index (κ2) is 9.16. The summed E-state index contributed by atoms with van der Waals surface area (Å²) in [5, 5.41) is 12.4. The molecule has 0 radical (unpaired) electrons. The van der Waals surface area contributed by atoms with Crippen molar-refractivity contribution in [2.75, 3.05) is 0 Å². The first-order valence-corrected chi connectivity index (χ1v) is 10.7. The molecule has 30 heavy (non-hydrogen) atoms. The third-order valence-corrected chi connectivity index (χ3v) is 6.11. The van der Waals surface area contributed by atoms with Gasteiger partial charge in [-0.2, -0.15) is 0 Å². The van der Waals surface area contributed by atoms with Crippen LogP contribution in [0.4, 0.5) is 4.79 Å². The molecule has 1 fully saturated rings. The van der Waals surface area contributed by atoms with Gasteiger partial charge >= 0.3 is 12.0 Å². The summed E-state index contributed by atoms with van der Waals surface area (Å²) in [6, 6.07) is 7.11. The van der Waals surface area contributed by atoms with Crippen LogP contribution < -0.4 is 5.32 Å². The minimum absolute atomic E-state index is 0.248. The molecule has 7 nitrogen and oxygen atoms in total. The van der Waals surface area contributed by atoms with Gasteiger partial charge < -0.3 is 15.2 Å². The highest BCUT2D eigenvalue weighted by Gasteiger charge is 2.63. The first kappa shape index (κ1) is 23.9. The molecule has 3 amide bonds. The number of carbonyl (C=O) groups excluding carboxylic acids is 2. The van der Waals surface area contributed by atoms with Crippen molar-refractivity contribution in [1.29, 1.82) is 0 Å². The van der Waals surface area contributed by atoms with Crippen molar-refractivity contribution in [2.45, 2.75) is 85.1 Å². The lowest BCUT2D eigenvalue weighted by atomic mass is 9.71. The van der Waals surface area contributed by atoms with Gasteiger partial charge in [-0.15, -0.1) is 0 Å². The van der Waals surface area contributed by atoms with E-state index in [2.05, 4.69) is 5.32 Å². The van der Waals surface area contributed by atoms with Crippen molar-refractivity contribution in [3.63, 3.8) is 0 Å². The van der Waals surface area contributed by atoms with Gasteiger partial charge in [0, 0.05) is 0 Å². The quantitative estimate of drug-likeness (QED) is 0.580. The second-order valence-corrected chi connectivity index (χ2v) is 8.53. The highest BCUT2D eigenvalue weighted by Crippen LogP contribution is 2.47. The number of β-lactam (4-membered cyclic amide) rings is 1. The van der Waals surface area contributed by atoms with Crippen LogP contribution in [-0.4, -0.2) is 39.7 Å². The van der Waals surface area contributed by atoms with E-state index in [1.165, 1.54) is 13.8 Å². The summed E-state index contributed by atoms with van der Waals surface area (Å²) >= 11 is 0. The summed E-state index contributed by atoms with van der Waals surface area (Å²) in [4.78, 5) is 38.8. The van der Waals surface area contributed by atoms with Crippen molar-refractivity contribution in [3.05, 3.63) is 35.4 Å². The van der Waals surface area contributed by atoms with Gasteiger partial charge in [0.25, 0.3) is 0 Å². The topological polar surface area (TPSA) is 95.9 Å². The lowest BCUT2D eigenvalue weighted by Gasteiger charge is -2.55. The van der Waals surface area contributed by atoms with E-state index in [0.29, 0.717) is 12.8 Å². The van der Waals surface area contributed by atoms with Gasteiger partial charge in [-0.1, -0.05) is 57.0 Å². The number of aliphatic carboxylic acids is 1. The minimum atomic E-state index is -1.53. The molecule has 1 aliphatic rings. The van der Waals surface area contributed by atoms with Gasteiger partial charge in [-0.25, -0.2) is 14.5 Å². The Bertz CT molecular complexity index is 783. The van der Waals surface area contributed by atoms with Gasteiger partial charge in [-0.3, -0.25) is 4.79 Å². The summed E-state index contributed by atoms with van der Waals surface area (Å²) in [7, 11) is 0. The molecule has 0 aliphatic carbocycles. The van der Waals surface area contributed by atoms with Crippen LogP contribution in [0.3, 0.4) is 0 Å². The summed E-state index contributed by atoms with van der Waals surface area (Å²) in [5.41, 5.74) is -0.337. The van der Waals surface area contributed by atoms with Gasteiger partial charge in [0.1, 0.15) is 0 Å². The van der Waals surface area contributed by atoms with Crippen LogP contribution in [0.5, 0.6) is 0 Å². The maximum absolute atomic E-state index is 13.1. The van der Waals surface area contributed by atoms with E-state index >= 15 is 0 Å². The molecule has 1 heterocycles. The summed E-state index contributed by atoms with van der Waals surface area (Å²) in [5.74, 6) is -1.47. The Labute approximate surface area is 178 Å². The monoisotopic (exact) mass is 418 g/mol. The number of urea groups is 1. The number of amides is 3. The Morgan fingerprint density at radius 2 is 1.77 bits per heavy atom. The van der Waals surface area contributed by atoms with Gasteiger partial charge in [-0.05, 0) is 45.6 Å². The zero-order valence-corrected chi connectivity index (χ0v) is 18.8. The molecule has 1 saturated heterocycles. The lowest BCUT2D eigenvalue weighted by Crippen LogP contribution is -2.74. The summed E-state index contributed by atoms with van der Waals surface area (Å²) < 4.78 is 5.84. The fraction of sp³-hybridized carbons (Fsp3) is 0.609. The number of carboxylic acids is 1. The zero-order valence-electron chi connectivity index (χ0n) is 18.8. The van der Waals surface area contributed by atoms with Crippen LogP contribution in [0.1, 0.15) is 77.5 Å².